The van der Waals surface area contributed by atoms with Crippen LogP contribution in [0.15, 0.2) is 36.4 Å². The number of anilines is 1. The molecule has 2 aliphatic rings. The lowest BCUT2D eigenvalue weighted by atomic mass is 9.89. The van der Waals surface area contributed by atoms with Gasteiger partial charge in [0.25, 0.3) is 0 Å². The molecule has 0 aliphatic carbocycles. The lowest BCUT2D eigenvalue weighted by Crippen LogP contribution is -2.55. The molecular weight excluding hydrogens is 386 g/mol. The minimum atomic E-state index is -1.40. The quantitative estimate of drug-likeness (QED) is 0.498. The van der Waals surface area contributed by atoms with Gasteiger partial charge in [0.05, 0.1) is 13.7 Å². The van der Waals surface area contributed by atoms with Crippen molar-refractivity contribution >= 4 is 5.69 Å². The molecule has 7 heteroatoms. The Morgan fingerprint density at radius 2 is 1.90 bits per heavy atom. The fourth-order valence-electron chi connectivity index (χ4n) is 4.35. The number of fused-ring (bicyclic) bond motifs is 1. The van der Waals surface area contributed by atoms with E-state index in [1.54, 1.807) is 13.2 Å². The molecule has 0 aromatic heterocycles. The number of aryl methyl sites for hydroxylation is 1. The molecule has 5 atom stereocenters. The van der Waals surface area contributed by atoms with Crippen molar-refractivity contribution in [3.8, 4) is 5.75 Å². The first kappa shape index (κ1) is 21.1. The van der Waals surface area contributed by atoms with Crippen molar-refractivity contribution in [1.82, 2.24) is 0 Å². The fraction of sp³-hybridized carbons (Fsp3) is 0.478. The molecule has 1 saturated heterocycles. The van der Waals surface area contributed by atoms with Gasteiger partial charge in [-0.15, -0.1) is 0 Å². The number of rotatable bonds is 5. The van der Waals surface area contributed by atoms with Gasteiger partial charge in [0.2, 0.25) is 0 Å². The fourth-order valence-corrected chi connectivity index (χ4v) is 4.35. The Labute approximate surface area is 175 Å². The maximum Gasteiger partial charge on any atom is 0.122 e. The Morgan fingerprint density at radius 3 is 2.67 bits per heavy atom. The highest BCUT2D eigenvalue weighted by Gasteiger charge is 2.44. The van der Waals surface area contributed by atoms with Crippen LogP contribution in [-0.2, 0) is 17.6 Å². The van der Waals surface area contributed by atoms with E-state index >= 15 is 0 Å². The largest absolute Gasteiger partial charge is 0.496 e. The van der Waals surface area contributed by atoms with E-state index in [2.05, 4.69) is 23.5 Å². The van der Waals surface area contributed by atoms with Crippen molar-refractivity contribution in [2.24, 2.45) is 0 Å². The molecule has 162 valence electrons. The highest BCUT2D eigenvalue weighted by Crippen LogP contribution is 2.35. The third-order valence-electron chi connectivity index (χ3n) is 6.03. The SMILES string of the molecule is COc1ccc([C@@H]2O[C@H](CO)[C@@H](O)[C@H](O)[C@H]2O)cc1Cc1ccc2c(c1)CCCN2. The summed E-state index contributed by atoms with van der Waals surface area (Å²) in [5.74, 6) is 0.721. The van der Waals surface area contributed by atoms with Gasteiger partial charge < -0.3 is 35.2 Å². The van der Waals surface area contributed by atoms with E-state index in [1.165, 1.54) is 11.3 Å². The molecule has 2 aromatic rings. The van der Waals surface area contributed by atoms with Crippen LogP contribution in [-0.4, -0.2) is 65.1 Å². The summed E-state index contributed by atoms with van der Waals surface area (Å²) in [5, 5.41) is 43.5. The van der Waals surface area contributed by atoms with Gasteiger partial charge in [0.1, 0.15) is 36.3 Å². The number of benzene rings is 2. The van der Waals surface area contributed by atoms with E-state index in [4.69, 9.17) is 9.47 Å². The molecule has 4 rings (SSSR count). The molecule has 2 aliphatic heterocycles. The Kier molecular flexibility index (Phi) is 6.26. The molecule has 0 unspecified atom stereocenters. The normalized spacial score (nSPS) is 28.5. The molecule has 0 amide bonds. The topological polar surface area (TPSA) is 111 Å². The van der Waals surface area contributed by atoms with Gasteiger partial charge in [-0.05, 0) is 53.3 Å². The lowest BCUT2D eigenvalue weighted by Gasteiger charge is -2.40. The Morgan fingerprint density at radius 1 is 1.07 bits per heavy atom. The van der Waals surface area contributed by atoms with Crippen molar-refractivity contribution in [1.29, 1.82) is 0 Å². The number of hydrogen-bond donors (Lipinski definition) is 5. The summed E-state index contributed by atoms with van der Waals surface area (Å²) in [6.07, 6.45) is -3.07. The third-order valence-corrected chi connectivity index (χ3v) is 6.03. The van der Waals surface area contributed by atoms with Crippen LogP contribution in [0.25, 0.3) is 0 Å². The van der Waals surface area contributed by atoms with Crippen LogP contribution < -0.4 is 10.1 Å². The van der Waals surface area contributed by atoms with Crippen molar-refractivity contribution in [3.05, 3.63) is 58.7 Å². The summed E-state index contributed by atoms with van der Waals surface area (Å²) in [5.41, 5.74) is 5.23. The lowest BCUT2D eigenvalue weighted by molar-refractivity contribution is -0.231. The standard InChI is InChI=1S/C23H29NO6/c1-29-18-7-5-15(23-22(28)21(27)20(26)19(12-25)30-23)11-16(18)10-13-4-6-17-14(9-13)3-2-8-24-17/h4-7,9,11,19-28H,2-3,8,10,12H2,1H3/t19-,20-,21+,22-,23+/m1/s1. The van der Waals surface area contributed by atoms with Crippen LogP contribution in [0.4, 0.5) is 5.69 Å². The summed E-state index contributed by atoms with van der Waals surface area (Å²) >= 11 is 0. The molecule has 0 radical (unpaired) electrons. The van der Waals surface area contributed by atoms with E-state index in [-0.39, 0.29) is 0 Å². The van der Waals surface area contributed by atoms with E-state index in [1.807, 2.05) is 12.1 Å². The molecule has 0 spiro atoms. The van der Waals surface area contributed by atoms with Gasteiger partial charge in [-0.1, -0.05) is 18.2 Å². The minimum Gasteiger partial charge on any atom is -0.496 e. The average Bonchev–Trinajstić information content (AvgIpc) is 2.77. The van der Waals surface area contributed by atoms with E-state index < -0.39 is 37.1 Å². The molecule has 0 saturated carbocycles. The number of aliphatic hydroxyl groups is 4. The predicted molar refractivity (Wildman–Crippen MR) is 112 cm³/mol. The first-order valence-corrected chi connectivity index (χ1v) is 10.3. The van der Waals surface area contributed by atoms with Crippen LogP contribution >= 0.6 is 0 Å². The molecule has 1 fully saturated rings. The Balaban J connectivity index is 1.62. The van der Waals surface area contributed by atoms with Gasteiger partial charge in [-0.25, -0.2) is 0 Å². The summed E-state index contributed by atoms with van der Waals surface area (Å²) in [7, 11) is 1.61. The van der Waals surface area contributed by atoms with Crippen LogP contribution in [0.5, 0.6) is 5.75 Å². The van der Waals surface area contributed by atoms with Crippen molar-refractivity contribution in [2.45, 2.75) is 49.8 Å². The Hall–Kier alpha value is -2.16. The smallest absolute Gasteiger partial charge is 0.122 e. The highest BCUT2D eigenvalue weighted by atomic mass is 16.5. The number of hydrogen-bond acceptors (Lipinski definition) is 7. The third kappa shape index (κ3) is 4.04. The monoisotopic (exact) mass is 415 g/mol. The number of nitrogens with one attached hydrogen (secondary N) is 1. The molecule has 5 N–H and O–H groups in total. The van der Waals surface area contributed by atoms with Gasteiger partial charge in [-0.2, -0.15) is 0 Å². The summed E-state index contributed by atoms with van der Waals surface area (Å²) in [4.78, 5) is 0. The molecule has 7 nitrogen and oxygen atoms in total. The van der Waals surface area contributed by atoms with Gasteiger partial charge in [-0.3, -0.25) is 0 Å². The van der Waals surface area contributed by atoms with E-state index in [0.717, 1.165) is 36.3 Å². The van der Waals surface area contributed by atoms with Gasteiger partial charge in [0.15, 0.2) is 0 Å². The van der Waals surface area contributed by atoms with Crippen molar-refractivity contribution in [3.63, 3.8) is 0 Å². The van der Waals surface area contributed by atoms with Crippen LogP contribution in [0.2, 0.25) is 0 Å². The zero-order valence-electron chi connectivity index (χ0n) is 17.0. The second-order valence-electron chi connectivity index (χ2n) is 8.02. The highest BCUT2D eigenvalue weighted by molar-refractivity contribution is 5.55. The molecule has 0 bridgehead atoms. The molecule has 2 heterocycles. The van der Waals surface area contributed by atoms with Crippen LogP contribution in [0.1, 0.15) is 34.8 Å². The number of aliphatic hydroxyl groups excluding tert-OH is 4. The summed E-state index contributed by atoms with van der Waals surface area (Å²) in [6.45, 7) is 0.551. The minimum absolute atomic E-state index is 0.451. The maximum atomic E-state index is 10.5. The Bertz CT molecular complexity index is 886. The molecular formula is C23H29NO6. The maximum absolute atomic E-state index is 10.5. The van der Waals surface area contributed by atoms with Crippen molar-refractivity contribution < 1.29 is 29.9 Å². The first-order valence-electron chi connectivity index (χ1n) is 10.3. The first-order chi connectivity index (χ1) is 14.5. The predicted octanol–water partition coefficient (Wildman–Crippen LogP) is 1.16. The van der Waals surface area contributed by atoms with Crippen LogP contribution in [0, 0.1) is 0 Å². The van der Waals surface area contributed by atoms with E-state index in [9.17, 15) is 20.4 Å². The second kappa shape index (κ2) is 8.91. The second-order valence-corrected chi connectivity index (χ2v) is 8.02. The number of methoxy groups -OCH3 is 1. The van der Waals surface area contributed by atoms with Gasteiger partial charge in [0, 0.05) is 18.7 Å². The number of ether oxygens (including phenoxy) is 2. The zero-order chi connectivity index (χ0) is 21.3. The average molecular weight is 415 g/mol. The zero-order valence-corrected chi connectivity index (χ0v) is 17.0. The van der Waals surface area contributed by atoms with Crippen molar-refractivity contribution in [2.75, 3.05) is 25.6 Å². The van der Waals surface area contributed by atoms with Crippen LogP contribution in [0.3, 0.4) is 0 Å². The van der Waals surface area contributed by atoms with Gasteiger partial charge >= 0.3 is 0 Å². The molecule has 30 heavy (non-hydrogen) atoms. The summed E-state index contributed by atoms with van der Waals surface area (Å²) < 4.78 is 11.2. The molecule has 2 aromatic carbocycles. The summed E-state index contributed by atoms with van der Waals surface area (Å²) in [6, 6.07) is 11.9. The van der Waals surface area contributed by atoms with E-state index in [0.29, 0.717) is 12.0 Å².